The Bertz CT molecular complexity index is 456. The molecule has 0 amide bonds. The van der Waals surface area contributed by atoms with Crippen LogP contribution in [-0.2, 0) is 6.42 Å². The summed E-state index contributed by atoms with van der Waals surface area (Å²) in [6.45, 7) is 0.667. The van der Waals surface area contributed by atoms with E-state index in [4.69, 9.17) is 5.73 Å². The highest BCUT2D eigenvalue weighted by atomic mass is 19.1. The molecule has 1 heterocycles. The minimum absolute atomic E-state index is 0.214. The summed E-state index contributed by atoms with van der Waals surface area (Å²) in [5.74, 6) is 0.885. The summed E-state index contributed by atoms with van der Waals surface area (Å²) in [7, 11) is 0. The third-order valence-corrected chi connectivity index (χ3v) is 2.30. The van der Waals surface area contributed by atoms with Crippen molar-refractivity contribution < 1.29 is 4.39 Å². The van der Waals surface area contributed by atoms with Crippen molar-refractivity contribution in [2.75, 3.05) is 17.6 Å². The molecular formula is C12H13FN4. The summed E-state index contributed by atoms with van der Waals surface area (Å²) in [5.41, 5.74) is 6.46. The van der Waals surface area contributed by atoms with Gasteiger partial charge in [-0.3, -0.25) is 0 Å². The summed E-state index contributed by atoms with van der Waals surface area (Å²) in [6.07, 6.45) is 2.13. The van der Waals surface area contributed by atoms with E-state index in [9.17, 15) is 4.39 Å². The predicted molar refractivity (Wildman–Crippen MR) is 65.0 cm³/mol. The minimum Gasteiger partial charge on any atom is -0.384 e. The first-order valence-electron chi connectivity index (χ1n) is 5.30. The molecule has 0 saturated heterocycles. The number of halogens is 1. The first-order valence-corrected chi connectivity index (χ1v) is 5.30. The molecule has 2 aromatic rings. The highest BCUT2D eigenvalue weighted by Crippen LogP contribution is 2.07. The number of nitrogens with zero attached hydrogens (tertiary/aromatic N) is 2. The number of nitrogens with two attached hydrogens (primary N) is 1. The molecule has 0 spiro atoms. The van der Waals surface area contributed by atoms with Crippen LogP contribution < -0.4 is 11.1 Å². The lowest BCUT2D eigenvalue weighted by Gasteiger charge is -2.05. The molecule has 0 aliphatic rings. The Balaban J connectivity index is 1.87. The summed E-state index contributed by atoms with van der Waals surface area (Å²) >= 11 is 0. The van der Waals surface area contributed by atoms with Gasteiger partial charge < -0.3 is 11.1 Å². The Morgan fingerprint density at radius 1 is 1.24 bits per heavy atom. The van der Waals surface area contributed by atoms with Crippen molar-refractivity contribution in [2.24, 2.45) is 0 Å². The van der Waals surface area contributed by atoms with Crippen LogP contribution in [0.2, 0.25) is 0 Å². The fourth-order valence-corrected chi connectivity index (χ4v) is 1.50. The number of nitrogen functional groups attached to an aromatic ring is 1. The zero-order chi connectivity index (χ0) is 12.1. The van der Waals surface area contributed by atoms with Gasteiger partial charge in [0.15, 0.2) is 0 Å². The summed E-state index contributed by atoms with van der Waals surface area (Å²) < 4.78 is 12.9. The normalized spacial score (nSPS) is 10.2. The van der Waals surface area contributed by atoms with Crippen molar-refractivity contribution in [3.05, 3.63) is 48.0 Å². The molecule has 4 nitrogen and oxygen atoms in total. The Hall–Kier alpha value is -2.17. The lowest BCUT2D eigenvalue weighted by atomic mass is 10.1. The maximum Gasteiger partial charge on any atom is 0.131 e. The standard InChI is InChI=1S/C12H13FN4/c13-10-3-1-2-9(6-10)4-5-15-12-7-11(14)16-8-17-12/h1-3,6-8H,4-5H2,(H3,14,15,16,17). The molecule has 0 saturated carbocycles. The van der Waals surface area contributed by atoms with Gasteiger partial charge in [-0.15, -0.1) is 0 Å². The van der Waals surface area contributed by atoms with Gasteiger partial charge in [-0.1, -0.05) is 12.1 Å². The molecule has 3 N–H and O–H groups in total. The molecule has 0 bridgehead atoms. The minimum atomic E-state index is -0.214. The number of hydrogen-bond donors (Lipinski definition) is 2. The second-order valence-corrected chi connectivity index (χ2v) is 3.63. The van der Waals surface area contributed by atoms with E-state index in [0.717, 1.165) is 12.0 Å². The Kier molecular flexibility index (Phi) is 3.49. The summed E-state index contributed by atoms with van der Waals surface area (Å²) in [4.78, 5) is 7.81. The SMILES string of the molecule is Nc1cc(NCCc2cccc(F)c2)ncn1. The Morgan fingerprint density at radius 3 is 2.88 bits per heavy atom. The molecule has 0 fully saturated rings. The summed E-state index contributed by atoms with van der Waals surface area (Å²) in [6, 6.07) is 8.20. The van der Waals surface area contributed by atoms with Crippen LogP contribution in [0, 0.1) is 5.82 Å². The zero-order valence-corrected chi connectivity index (χ0v) is 9.23. The van der Waals surface area contributed by atoms with Crippen molar-refractivity contribution in [2.45, 2.75) is 6.42 Å². The van der Waals surface area contributed by atoms with E-state index in [1.165, 1.54) is 18.5 Å². The van der Waals surface area contributed by atoms with Gasteiger partial charge in [-0.05, 0) is 24.1 Å². The monoisotopic (exact) mass is 232 g/mol. The smallest absolute Gasteiger partial charge is 0.131 e. The van der Waals surface area contributed by atoms with E-state index >= 15 is 0 Å². The van der Waals surface area contributed by atoms with Gasteiger partial charge in [0, 0.05) is 12.6 Å². The van der Waals surface area contributed by atoms with Gasteiger partial charge in [0.05, 0.1) is 0 Å². The van der Waals surface area contributed by atoms with E-state index in [-0.39, 0.29) is 5.82 Å². The Morgan fingerprint density at radius 2 is 2.12 bits per heavy atom. The first-order chi connectivity index (χ1) is 8.24. The average Bonchev–Trinajstić information content (AvgIpc) is 2.29. The van der Waals surface area contributed by atoms with Crippen LogP contribution in [0.4, 0.5) is 16.0 Å². The topological polar surface area (TPSA) is 63.8 Å². The van der Waals surface area contributed by atoms with E-state index in [2.05, 4.69) is 15.3 Å². The van der Waals surface area contributed by atoms with E-state index in [1.54, 1.807) is 12.1 Å². The Labute approximate surface area is 98.7 Å². The lowest BCUT2D eigenvalue weighted by Crippen LogP contribution is -2.07. The maximum absolute atomic E-state index is 12.9. The number of anilines is 2. The van der Waals surface area contributed by atoms with Gasteiger partial charge in [0.2, 0.25) is 0 Å². The number of benzene rings is 1. The van der Waals surface area contributed by atoms with Gasteiger partial charge in [0.25, 0.3) is 0 Å². The molecule has 0 aliphatic heterocycles. The fraction of sp³-hybridized carbons (Fsp3) is 0.167. The molecule has 88 valence electrons. The van der Waals surface area contributed by atoms with Crippen LogP contribution in [0.15, 0.2) is 36.7 Å². The molecule has 0 unspecified atom stereocenters. The third-order valence-electron chi connectivity index (χ3n) is 2.30. The molecule has 1 aromatic carbocycles. The van der Waals surface area contributed by atoms with Crippen molar-refractivity contribution in [1.29, 1.82) is 0 Å². The van der Waals surface area contributed by atoms with Gasteiger partial charge in [0.1, 0.15) is 23.8 Å². The maximum atomic E-state index is 12.9. The highest BCUT2D eigenvalue weighted by molar-refractivity contribution is 5.43. The van der Waals surface area contributed by atoms with Crippen molar-refractivity contribution in [3.8, 4) is 0 Å². The van der Waals surface area contributed by atoms with E-state index in [1.807, 2.05) is 6.07 Å². The molecule has 17 heavy (non-hydrogen) atoms. The van der Waals surface area contributed by atoms with Gasteiger partial charge in [-0.25, -0.2) is 14.4 Å². The van der Waals surface area contributed by atoms with Crippen molar-refractivity contribution in [1.82, 2.24) is 9.97 Å². The van der Waals surface area contributed by atoms with Crippen LogP contribution in [0.25, 0.3) is 0 Å². The highest BCUT2D eigenvalue weighted by Gasteiger charge is 1.97. The van der Waals surface area contributed by atoms with E-state index in [0.29, 0.717) is 18.2 Å². The molecule has 5 heteroatoms. The van der Waals surface area contributed by atoms with Crippen molar-refractivity contribution >= 4 is 11.6 Å². The van der Waals surface area contributed by atoms with Crippen LogP contribution in [-0.4, -0.2) is 16.5 Å². The predicted octanol–water partition coefficient (Wildman–Crippen LogP) is 1.85. The van der Waals surface area contributed by atoms with Crippen LogP contribution in [0.5, 0.6) is 0 Å². The van der Waals surface area contributed by atoms with E-state index < -0.39 is 0 Å². The second kappa shape index (κ2) is 5.25. The van der Waals surface area contributed by atoms with Gasteiger partial charge in [-0.2, -0.15) is 0 Å². The summed E-state index contributed by atoms with van der Waals surface area (Å²) in [5, 5.41) is 3.10. The fourth-order valence-electron chi connectivity index (χ4n) is 1.50. The number of nitrogens with one attached hydrogen (secondary N) is 1. The molecule has 0 radical (unpaired) electrons. The number of rotatable bonds is 4. The van der Waals surface area contributed by atoms with Gasteiger partial charge >= 0.3 is 0 Å². The van der Waals surface area contributed by atoms with Crippen molar-refractivity contribution in [3.63, 3.8) is 0 Å². The average molecular weight is 232 g/mol. The number of aromatic nitrogens is 2. The zero-order valence-electron chi connectivity index (χ0n) is 9.23. The number of hydrogen-bond acceptors (Lipinski definition) is 4. The molecule has 0 aliphatic carbocycles. The molecular weight excluding hydrogens is 219 g/mol. The lowest BCUT2D eigenvalue weighted by molar-refractivity contribution is 0.625. The third kappa shape index (κ3) is 3.41. The largest absolute Gasteiger partial charge is 0.384 e. The molecule has 2 rings (SSSR count). The van der Waals surface area contributed by atoms with Crippen LogP contribution in [0.1, 0.15) is 5.56 Å². The molecule has 0 atom stereocenters. The van der Waals surface area contributed by atoms with Crippen LogP contribution >= 0.6 is 0 Å². The van der Waals surface area contributed by atoms with Crippen LogP contribution in [0.3, 0.4) is 0 Å². The first kappa shape index (κ1) is 11.3. The quantitative estimate of drug-likeness (QED) is 0.844. The molecule has 1 aromatic heterocycles. The second-order valence-electron chi connectivity index (χ2n) is 3.63.